The Balaban J connectivity index is 1.76. The third-order valence-electron chi connectivity index (χ3n) is 6.61. The minimum Gasteiger partial charge on any atom is -0.461 e. The fraction of sp³-hybridized carbons (Fsp3) is 0.560. The zero-order valence-electron chi connectivity index (χ0n) is 18.2. The highest BCUT2D eigenvalue weighted by atomic mass is 16.5. The number of hydrogen-bond donors (Lipinski definition) is 1. The maximum atomic E-state index is 13.3. The van der Waals surface area contributed by atoms with Crippen LogP contribution in [0.1, 0.15) is 63.2 Å². The lowest BCUT2D eigenvalue weighted by molar-refractivity contribution is -0.159. The van der Waals surface area contributed by atoms with Crippen molar-refractivity contribution in [2.45, 2.75) is 65.0 Å². The standard InChI is InChI=1S/C25H33NO4/c1-16(2)21-12-9-17(3)13-22(21)30-25(29)23(20-11-10-18(14-20)15-27)26-24(28)19-7-5-4-6-8-19/h4-8,10,15-17,20-23H,9,11-14H2,1-3H3,(H,26,28)/t17-,20-,21+,22-,23+/m1/s1. The molecule has 5 heteroatoms. The van der Waals surface area contributed by atoms with E-state index in [9.17, 15) is 14.4 Å². The van der Waals surface area contributed by atoms with Crippen molar-refractivity contribution in [1.82, 2.24) is 5.32 Å². The minimum absolute atomic E-state index is 0.128. The molecular formula is C25H33NO4. The molecule has 1 fully saturated rings. The molecule has 0 unspecified atom stereocenters. The van der Waals surface area contributed by atoms with E-state index >= 15 is 0 Å². The van der Waals surface area contributed by atoms with Gasteiger partial charge >= 0.3 is 5.97 Å². The van der Waals surface area contributed by atoms with Gasteiger partial charge in [0.1, 0.15) is 18.4 Å². The van der Waals surface area contributed by atoms with Crippen LogP contribution >= 0.6 is 0 Å². The van der Waals surface area contributed by atoms with E-state index in [0.29, 0.717) is 41.7 Å². The Hall–Kier alpha value is -2.43. The summed E-state index contributed by atoms with van der Waals surface area (Å²) in [5.41, 5.74) is 1.18. The van der Waals surface area contributed by atoms with Crippen molar-refractivity contribution < 1.29 is 19.1 Å². The summed E-state index contributed by atoms with van der Waals surface area (Å²) in [5.74, 6) is 0.447. The summed E-state index contributed by atoms with van der Waals surface area (Å²) < 4.78 is 6.05. The Kier molecular flexibility index (Phi) is 7.46. The van der Waals surface area contributed by atoms with Crippen molar-refractivity contribution in [2.75, 3.05) is 0 Å². The lowest BCUT2D eigenvalue weighted by Crippen LogP contribution is -2.48. The second kappa shape index (κ2) is 10.1. The lowest BCUT2D eigenvalue weighted by Gasteiger charge is -2.37. The number of rotatable bonds is 7. The molecule has 0 spiro atoms. The molecule has 2 aliphatic carbocycles. The van der Waals surface area contributed by atoms with E-state index in [1.54, 1.807) is 24.3 Å². The third-order valence-corrected chi connectivity index (χ3v) is 6.61. The van der Waals surface area contributed by atoms with Gasteiger partial charge in [-0.15, -0.1) is 0 Å². The predicted octanol–water partition coefficient (Wildman–Crippen LogP) is 4.32. The predicted molar refractivity (Wildman–Crippen MR) is 116 cm³/mol. The maximum absolute atomic E-state index is 13.3. The molecule has 1 saturated carbocycles. The highest BCUT2D eigenvalue weighted by molar-refractivity contribution is 5.97. The van der Waals surface area contributed by atoms with Crippen molar-refractivity contribution in [3.63, 3.8) is 0 Å². The monoisotopic (exact) mass is 411 g/mol. The number of amides is 1. The van der Waals surface area contributed by atoms with E-state index in [0.717, 1.165) is 25.5 Å². The Morgan fingerprint density at radius 3 is 2.53 bits per heavy atom. The molecule has 0 aliphatic heterocycles. The summed E-state index contributed by atoms with van der Waals surface area (Å²) in [6.07, 6.45) is 6.68. The molecule has 1 amide bonds. The van der Waals surface area contributed by atoms with Gasteiger partial charge in [0.05, 0.1) is 0 Å². The summed E-state index contributed by atoms with van der Waals surface area (Å²) in [6.45, 7) is 6.55. The van der Waals surface area contributed by atoms with Gasteiger partial charge in [0.2, 0.25) is 0 Å². The van der Waals surface area contributed by atoms with Crippen LogP contribution in [0.4, 0.5) is 0 Å². The second-order valence-electron chi connectivity index (χ2n) is 9.22. The second-order valence-corrected chi connectivity index (χ2v) is 9.22. The molecule has 3 rings (SSSR count). The number of carbonyl (C=O) groups is 3. The molecule has 5 nitrogen and oxygen atoms in total. The van der Waals surface area contributed by atoms with Crippen molar-refractivity contribution in [1.29, 1.82) is 0 Å². The number of allylic oxidation sites excluding steroid dienone is 2. The quantitative estimate of drug-likeness (QED) is 0.536. The molecule has 30 heavy (non-hydrogen) atoms. The van der Waals surface area contributed by atoms with Gasteiger partial charge in [-0.25, -0.2) is 4.79 Å². The number of carbonyl (C=O) groups excluding carboxylic acids is 3. The van der Waals surface area contributed by atoms with E-state index < -0.39 is 6.04 Å². The van der Waals surface area contributed by atoms with Crippen LogP contribution in [0.2, 0.25) is 0 Å². The fourth-order valence-electron chi connectivity index (χ4n) is 4.78. The first-order valence-corrected chi connectivity index (χ1v) is 11.1. The molecule has 0 heterocycles. The average Bonchev–Trinajstić information content (AvgIpc) is 3.21. The Labute approximate surface area is 179 Å². The number of hydrogen-bond acceptors (Lipinski definition) is 4. The first-order valence-electron chi connectivity index (χ1n) is 11.1. The first kappa shape index (κ1) is 22.3. The molecule has 2 aliphatic rings. The molecule has 1 aromatic rings. The minimum atomic E-state index is -0.767. The molecular weight excluding hydrogens is 378 g/mol. The van der Waals surface area contributed by atoms with Crippen LogP contribution in [0, 0.1) is 23.7 Å². The Morgan fingerprint density at radius 2 is 1.90 bits per heavy atom. The lowest BCUT2D eigenvalue weighted by atomic mass is 9.75. The normalized spacial score (nSPS) is 27.3. The van der Waals surface area contributed by atoms with Crippen molar-refractivity contribution in [3.05, 3.63) is 47.5 Å². The van der Waals surface area contributed by atoms with Crippen LogP contribution in [-0.4, -0.2) is 30.3 Å². The zero-order valence-corrected chi connectivity index (χ0v) is 18.2. The van der Waals surface area contributed by atoms with Gasteiger partial charge in [-0.05, 0) is 67.1 Å². The molecule has 1 N–H and O–H groups in total. The van der Waals surface area contributed by atoms with Gasteiger partial charge in [-0.3, -0.25) is 9.59 Å². The molecule has 5 atom stereocenters. The van der Waals surface area contributed by atoms with Crippen molar-refractivity contribution in [2.24, 2.45) is 23.7 Å². The number of ether oxygens (including phenoxy) is 1. The fourth-order valence-corrected chi connectivity index (χ4v) is 4.78. The van der Waals surface area contributed by atoms with E-state index in [2.05, 4.69) is 26.1 Å². The van der Waals surface area contributed by atoms with E-state index in [4.69, 9.17) is 4.74 Å². The van der Waals surface area contributed by atoms with Crippen LogP contribution in [0.3, 0.4) is 0 Å². The summed E-state index contributed by atoms with van der Waals surface area (Å²) in [5, 5.41) is 2.90. The SMILES string of the molecule is CC(C)[C@@H]1CC[C@@H](C)C[C@H]1OC(=O)[C@@H](NC(=O)c1ccccc1)[C@@H]1CC=C(C=O)C1. The van der Waals surface area contributed by atoms with Gasteiger partial charge in [0.25, 0.3) is 5.91 Å². The van der Waals surface area contributed by atoms with Gasteiger partial charge in [-0.2, -0.15) is 0 Å². The van der Waals surface area contributed by atoms with Crippen molar-refractivity contribution >= 4 is 18.2 Å². The van der Waals surface area contributed by atoms with E-state index in [-0.39, 0.29) is 23.9 Å². The Bertz CT molecular complexity index is 786. The molecule has 0 bridgehead atoms. The van der Waals surface area contributed by atoms with E-state index in [1.807, 2.05) is 12.1 Å². The number of aldehydes is 1. The first-order chi connectivity index (χ1) is 14.4. The average molecular weight is 412 g/mol. The summed E-state index contributed by atoms with van der Waals surface area (Å²) in [7, 11) is 0. The summed E-state index contributed by atoms with van der Waals surface area (Å²) in [6, 6.07) is 8.10. The van der Waals surface area contributed by atoms with Crippen LogP contribution in [0.15, 0.2) is 42.0 Å². The zero-order chi connectivity index (χ0) is 21.7. The third kappa shape index (κ3) is 5.38. The van der Waals surface area contributed by atoms with Gasteiger partial charge in [-0.1, -0.05) is 51.5 Å². The molecule has 0 aromatic heterocycles. The topological polar surface area (TPSA) is 72.5 Å². The summed E-state index contributed by atoms with van der Waals surface area (Å²) in [4.78, 5) is 37.3. The number of esters is 1. The molecule has 0 saturated heterocycles. The van der Waals surface area contributed by atoms with Crippen LogP contribution < -0.4 is 5.32 Å². The van der Waals surface area contributed by atoms with Gasteiger partial charge in [0, 0.05) is 5.56 Å². The maximum Gasteiger partial charge on any atom is 0.329 e. The van der Waals surface area contributed by atoms with Crippen LogP contribution in [-0.2, 0) is 14.3 Å². The van der Waals surface area contributed by atoms with Gasteiger partial charge < -0.3 is 10.1 Å². The largest absolute Gasteiger partial charge is 0.461 e. The number of benzene rings is 1. The van der Waals surface area contributed by atoms with Crippen LogP contribution in [0.5, 0.6) is 0 Å². The van der Waals surface area contributed by atoms with Crippen LogP contribution in [0.25, 0.3) is 0 Å². The highest BCUT2D eigenvalue weighted by Crippen LogP contribution is 2.36. The Morgan fingerprint density at radius 1 is 1.17 bits per heavy atom. The summed E-state index contributed by atoms with van der Waals surface area (Å²) >= 11 is 0. The highest BCUT2D eigenvalue weighted by Gasteiger charge is 2.38. The smallest absolute Gasteiger partial charge is 0.329 e. The van der Waals surface area contributed by atoms with Crippen molar-refractivity contribution in [3.8, 4) is 0 Å². The molecule has 1 aromatic carbocycles. The number of nitrogens with one attached hydrogen (secondary N) is 1. The molecule has 0 radical (unpaired) electrons. The molecule has 162 valence electrons. The van der Waals surface area contributed by atoms with Gasteiger partial charge in [0.15, 0.2) is 0 Å². The van der Waals surface area contributed by atoms with E-state index in [1.165, 1.54) is 0 Å².